The molecule has 0 aromatic heterocycles. The molecule has 0 saturated carbocycles. The molecule has 1 atom stereocenters. The summed E-state index contributed by atoms with van der Waals surface area (Å²) in [5.41, 5.74) is 0. The molecular formula is C9H16O2. The maximum atomic E-state index is 8.49. The highest BCUT2D eigenvalue weighted by Crippen LogP contribution is 2.13. The Bertz CT molecular complexity index is 115. The second-order valence-electron chi connectivity index (χ2n) is 2.85. The van der Waals surface area contributed by atoms with Crippen molar-refractivity contribution in [2.45, 2.75) is 31.8 Å². The Hall–Kier alpha value is -0.340. The third-order valence-electron chi connectivity index (χ3n) is 1.84. The fraction of sp³-hybridized carbons (Fsp3) is 0.778. The van der Waals surface area contributed by atoms with Gasteiger partial charge in [0.2, 0.25) is 0 Å². The molecule has 0 spiro atoms. The maximum absolute atomic E-state index is 8.49. The van der Waals surface area contributed by atoms with Crippen LogP contribution in [0.25, 0.3) is 0 Å². The van der Waals surface area contributed by atoms with Crippen molar-refractivity contribution in [2.24, 2.45) is 0 Å². The van der Waals surface area contributed by atoms with Crippen LogP contribution in [-0.4, -0.2) is 24.4 Å². The van der Waals surface area contributed by atoms with Gasteiger partial charge >= 0.3 is 0 Å². The fourth-order valence-corrected chi connectivity index (χ4v) is 1.21. The molecule has 1 saturated heterocycles. The van der Waals surface area contributed by atoms with E-state index in [-0.39, 0.29) is 6.61 Å². The summed E-state index contributed by atoms with van der Waals surface area (Å²) in [5, 5.41) is 8.49. The molecule has 1 aliphatic rings. The second-order valence-corrected chi connectivity index (χ2v) is 2.85. The van der Waals surface area contributed by atoms with Gasteiger partial charge in [0.25, 0.3) is 0 Å². The molecule has 1 unspecified atom stereocenters. The third-order valence-corrected chi connectivity index (χ3v) is 1.84. The van der Waals surface area contributed by atoms with Gasteiger partial charge in [0.15, 0.2) is 0 Å². The second kappa shape index (κ2) is 5.33. The van der Waals surface area contributed by atoms with Crippen molar-refractivity contribution in [2.75, 3.05) is 13.2 Å². The summed E-state index contributed by atoms with van der Waals surface area (Å²) in [6.45, 7) is 1.20. The maximum Gasteiger partial charge on any atom is 0.0756 e. The van der Waals surface area contributed by atoms with Gasteiger partial charge < -0.3 is 9.84 Å². The lowest BCUT2D eigenvalue weighted by Crippen LogP contribution is -1.98. The van der Waals surface area contributed by atoms with E-state index < -0.39 is 0 Å². The van der Waals surface area contributed by atoms with Gasteiger partial charge in [-0.05, 0) is 25.7 Å². The normalized spacial score (nSPS) is 25.0. The van der Waals surface area contributed by atoms with Crippen LogP contribution in [0.1, 0.15) is 25.7 Å². The lowest BCUT2D eigenvalue weighted by Gasteiger charge is -2.00. The molecule has 64 valence electrons. The lowest BCUT2D eigenvalue weighted by atomic mass is 10.2. The number of ether oxygens (including phenoxy) is 1. The lowest BCUT2D eigenvalue weighted by molar-refractivity contribution is 0.145. The molecule has 0 aromatic rings. The van der Waals surface area contributed by atoms with Crippen molar-refractivity contribution in [1.29, 1.82) is 0 Å². The Morgan fingerprint density at radius 1 is 1.55 bits per heavy atom. The molecule has 0 aromatic carbocycles. The van der Waals surface area contributed by atoms with Crippen LogP contribution < -0.4 is 0 Å². The van der Waals surface area contributed by atoms with Gasteiger partial charge in [-0.1, -0.05) is 12.2 Å². The Labute approximate surface area is 67.9 Å². The van der Waals surface area contributed by atoms with E-state index in [0.717, 1.165) is 25.9 Å². The Balaban J connectivity index is 2.03. The van der Waals surface area contributed by atoms with E-state index in [1.165, 1.54) is 6.42 Å². The highest BCUT2D eigenvalue weighted by atomic mass is 16.5. The first-order chi connectivity index (χ1) is 5.43. The topological polar surface area (TPSA) is 29.5 Å². The van der Waals surface area contributed by atoms with Crippen LogP contribution in [0.2, 0.25) is 0 Å². The minimum atomic E-state index is 0.288. The third kappa shape index (κ3) is 3.54. The van der Waals surface area contributed by atoms with Gasteiger partial charge in [-0.25, -0.2) is 0 Å². The molecule has 1 rings (SSSR count). The molecule has 0 amide bonds. The van der Waals surface area contributed by atoms with E-state index in [1.807, 2.05) is 0 Å². The SMILES string of the molecule is OCCC/C=C/C1CCCO1. The molecule has 2 nitrogen and oxygen atoms in total. The predicted octanol–water partition coefficient (Wildman–Crippen LogP) is 1.49. The first kappa shape index (κ1) is 8.75. The zero-order valence-corrected chi connectivity index (χ0v) is 6.83. The molecule has 0 radical (unpaired) electrons. The number of hydrogen-bond donors (Lipinski definition) is 1. The number of allylic oxidation sites excluding steroid dienone is 1. The van der Waals surface area contributed by atoms with Gasteiger partial charge in [-0.15, -0.1) is 0 Å². The Morgan fingerprint density at radius 2 is 2.45 bits per heavy atom. The van der Waals surface area contributed by atoms with E-state index >= 15 is 0 Å². The Morgan fingerprint density at radius 3 is 3.09 bits per heavy atom. The summed E-state index contributed by atoms with van der Waals surface area (Å²) < 4.78 is 5.38. The van der Waals surface area contributed by atoms with Gasteiger partial charge in [-0.2, -0.15) is 0 Å². The minimum Gasteiger partial charge on any atom is -0.396 e. The largest absolute Gasteiger partial charge is 0.396 e. The summed E-state index contributed by atoms with van der Waals surface area (Å²) >= 11 is 0. The number of unbranched alkanes of at least 4 members (excludes halogenated alkanes) is 1. The summed E-state index contributed by atoms with van der Waals surface area (Å²) in [6.07, 6.45) is 8.76. The number of rotatable bonds is 4. The fourth-order valence-electron chi connectivity index (χ4n) is 1.21. The Kier molecular flexibility index (Phi) is 4.24. The standard InChI is InChI=1S/C9H16O2/c10-7-3-1-2-5-9-6-4-8-11-9/h2,5,9-10H,1,3-4,6-8H2/b5-2+. The van der Waals surface area contributed by atoms with Gasteiger partial charge in [-0.3, -0.25) is 0 Å². The first-order valence-corrected chi connectivity index (χ1v) is 4.32. The van der Waals surface area contributed by atoms with E-state index in [2.05, 4.69) is 12.2 Å². The zero-order valence-electron chi connectivity index (χ0n) is 6.83. The molecule has 11 heavy (non-hydrogen) atoms. The van der Waals surface area contributed by atoms with Crippen LogP contribution in [0.15, 0.2) is 12.2 Å². The molecule has 2 heteroatoms. The van der Waals surface area contributed by atoms with Crippen molar-refractivity contribution in [1.82, 2.24) is 0 Å². The van der Waals surface area contributed by atoms with Gasteiger partial charge in [0.1, 0.15) is 0 Å². The summed E-state index contributed by atoms with van der Waals surface area (Å²) in [7, 11) is 0. The van der Waals surface area contributed by atoms with Crippen molar-refractivity contribution in [3.8, 4) is 0 Å². The molecular weight excluding hydrogens is 140 g/mol. The van der Waals surface area contributed by atoms with Crippen LogP contribution in [0.4, 0.5) is 0 Å². The van der Waals surface area contributed by atoms with Crippen molar-refractivity contribution in [3.63, 3.8) is 0 Å². The number of aliphatic hydroxyl groups excluding tert-OH is 1. The highest BCUT2D eigenvalue weighted by molar-refractivity contribution is 4.91. The molecule has 0 aliphatic carbocycles. The predicted molar refractivity (Wildman–Crippen MR) is 44.4 cm³/mol. The van der Waals surface area contributed by atoms with E-state index in [4.69, 9.17) is 9.84 Å². The van der Waals surface area contributed by atoms with Gasteiger partial charge in [0.05, 0.1) is 6.10 Å². The van der Waals surface area contributed by atoms with E-state index in [1.54, 1.807) is 0 Å². The molecule has 1 aliphatic heterocycles. The van der Waals surface area contributed by atoms with Crippen LogP contribution >= 0.6 is 0 Å². The van der Waals surface area contributed by atoms with Crippen molar-refractivity contribution < 1.29 is 9.84 Å². The average Bonchev–Trinajstić information content (AvgIpc) is 2.50. The van der Waals surface area contributed by atoms with Crippen molar-refractivity contribution in [3.05, 3.63) is 12.2 Å². The van der Waals surface area contributed by atoms with Crippen LogP contribution in [-0.2, 0) is 4.74 Å². The first-order valence-electron chi connectivity index (χ1n) is 4.32. The van der Waals surface area contributed by atoms with Crippen LogP contribution in [0.5, 0.6) is 0 Å². The quantitative estimate of drug-likeness (QED) is 0.493. The van der Waals surface area contributed by atoms with Crippen LogP contribution in [0.3, 0.4) is 0 Å². The molecule has 1 N–H and O–H groups in total. The number of hydrogen-bond acceptors (Lipinski definition) is 2. The number of aliphatic hydroxyl groups is 1. The highest BCUT2D eigenvalue weighted by Gasteiger charge is 2.10. The monoisotopic (exact) mass is 156 g/mol. The molecule has 1 heterocycles. The minimum absolute atomic E-state index is 0.288. The van der Waals surface area contributed by atoms with Crippen molar-refractivity contribution >= 4 is 0 Å². The summed E-state index contributed by atoms with van der Waals surface area (Å²) in [5.74, 6) is 0. The van der Waals surface area contributed by atoms with E-state index in [0.29, 0.717) is 6.10 Å². The smallest absolute Gasteiger partial charge is 0.0756 e. The summed E-state index contributed by atoms with van der Waals surface area (Å²) in [4.78, 5) is 0. The zero-order chi connectivity index (χ0) is 7.94. The summed E-state index contributed by atoms with van der Waals surface area (Å²) in [6, 6.07) is 0. The van der Waals surface area contributed by atoms with E-state index in [9.17, 15) is 0 Å². The van der Waals surface area contributed by atoms with Crippen LogP contribution in [0, 0.1) is 0 Å². The average molecular weight is 156 g/mol. The molecule has 0 bridgehead atoms. The molecule has 1 fully saturated rings. The van der Waals surface area contributed by atoms with Gasteiger partial charge in [0, 0.05) is 13.2 Å².